The summed E-state index contributed by atoms with van der Waals surface area (Å²) in [6, 6.07) is 20.8. The number of aromatic nitrogens is 3. The summed E-state index contributed by atoms with van der Waals surface area (Å²) < 4.78 is 7.24. The highest BCUT2D eigenvalue weighted by Crippen LogP contribution is 2.24. The zero-order valence-electron chi connectivity index (χ0n) is 21.3. The summed E-state index contributed by atoms with van der Waals surface area (Å²) in [7, 11) is 0. The second-order valence-corrected chi connectivity index (χ2v) is 10.1. The Hall–Kier alpha value is -4.54. The van der Waals surface area contributed by atoms with Crippen LogP contribution in [0.25, 0.3) is 16.6 Å². The van der Waals surface area contributed by atoms with Crippen LogP contribution in [0.4, 0.5) is 17.1 Å². The fourth-order valence-electron chi connectivity index (χ4n) is 4.56. The molecule has 1 aliphatic rings. The fourth-order valence-corrected chi connectivity index (χ4v) is 5.26. The Labute approximate surface area is 229 Å². The van der Waals surface area contributed by atoms with E-state index in [1.807, 2.05) is 78.3 Å². The summed E-state index contributed by atoms with van der Waals surface area (Å²) in [6.07, 6.45) is 1.77. The molecule has 0 saturated carbocycles. The molecule has 1 fully saturated rings. The van der Waals surface area contributed by atoms with E-state index in [2.05, 4.69) is 25.6 Å². The lowest BCUT2D eigenvalue weighted by molar-refractivity contribution is 0.102. The predicted octanol–water partition coefficient (Wildman–Crippen LogP) is 5.13. The highest BCUT2D eigenvalue weighted by Gasteiger charge is 2.14. The maximum atomic E-state index is 12.9. The largest absolute Gasteiger partial charge is 0.378 e. The van der Waals surface area contributed by atoms with Crippen LogP contribution in [0.3, 0.4) is 0 Å². The highest BCUT2D eigenvalue weighted by atomic mass is 32.1. The van der Waals surface area contributed by atoms with Gasteiger partial charge in [-0.05, 0) is 73.7 Å². The van der Waals surface area contributed by atoms with Crippen molar-refractivity contribution in [1.82, 2.24) is 14.8 Å². The van der Waals surface area contributed by atoms with Crippen molar-refractivity contribution in [3.8, 4) is 5.69 Å². The van der Waals surface area contributed by atoms with Crippen LogP contribution in [0.1, 0.15) is 25.7 Å². The first-order valence-electron chi connectivity index (χ1n) is 12.6. The minimum Gasteiger partial charge on any atom is -0.378 e. The number of carbonyl (C=O) groups is 2. The first-order chi connectivity index (χ1) is 19.0. The van der Waals surface area contributed by atoms with Crippen LogP contribution >= 0.6 is 11.3 Å². The van der Waals surface area contributed by atoms with Crippen molar-refractivity contribution in [2.24, 2.45) is 0 Å². The molecule has 9 nitrogen and oxygen atoms in total. The number of hydrogen-bond acceptors (Lipinski definition) is 7. The van der Waals surface area contributed by atoms with Crippen molar-refractivity contribution in [3.63, 3.8) is 0 Å². The van der Waals surface area contributed by atoms with Gasteiger partial charge in [-0.3, -0.25) is 9.59 Å². The second-order valence-electron chi connectivity index (χ2n) is 9.20. The Morgan fingerprint density at radius 3 is 2.28 bits per heavy atom. The molecule has 2 N–H and O–H groups in total. The van der Waals surface area contributed by atoms with Crippen molar-refractivity contribution in [1.29, 1.82) is 0 Å². The van der Waals surface area contributed by atoms with Crippen LogP contribution in [0.5, 0.6) is 0 Å². The van der Waals surface area contributed by atoms with E-state index in [4.69, 9.17) is 4.74 Å². The van der Waals surface area contributed by atoms with E-state index in [1.165, 1.54) is 11.3 Å². The van der Waals surface area contributed by atoms with Gasteiger partial charge in [-0.25, -0.2) is 9.67 Å². The first kappa shape index (κ1) is 24.8. The van der Waals surface area contributed by atoms with E-state index in [0.717, 1.165) is 54.3 Å². The number of thiazole rings is 1. The molecule has 0 bridgehead atoms. The number of aryl methyl sites for hydroxylation is 1. The van der Waals surface area contributed by atoms with E-state index >= 15 is 0 Å². The molecule has 2 amide bonds. The van der Waals surface area contributed by atoms with Crippen molar-refractivity contribution < 1.29 is 14.3 Å². The van der Waals surface area contributed by atoms with Gasteiger partial charge in [-0.15, -0.1) is 11.3 Å². The van der Waals surface area contributed by atoms with Crippen molar-refractivity contribution in [2.75, 3.05) is 41.8 Å². The number of amides is 2. The Balaban J connectivity index is 1.13. The highest BCUT2D eigenvalue weighted by molar-refractivity contribution is 7.12. The van der Waals surface area contributed by atoms with Crippen molar-refractivity contribution >= 4 is 51.1 Å². The van der Waals surface area contributed by atoms with Crippen LogP contribution < -0.4 is 15.5 Å². The van der Waals surface area contributed by atoms with Crippen LogP contribution in [0, 0.1) is 6.92 Å². The molecule has 0 aliphatic carbocycles. The molecule has 3 heterocycles. The molecule has 0 spiro atoms. The monoisotopic (exact) mass is 538 g/mol. The van der Waals surface area contributed by atoms with Gasteiger partial charge >= 0.3 is 0 Å². The predicted molar refractivity (Wildman–Crippen MR) is 153 cm³/mol. The standard InChI is InChI=1S/C29H26N6O3S/c1-19-27(39-18-30-19)29(37)32-22-4-9-25(10-5-22)35-26-11-6-23(16-21(26)17-31-35)33-28(36)20-2-7-24(8-3-20)34-12-14-38-15-13-34/h2-11,16-18H,12-15H2,1H3,(H,32,37)(H,33,36). The second kappa shape index (κ2) is 10.7. The number of nitrogens with one attached hydrogen (secondary N) is 2. The normalized spacial score (nSPS) is 13.4. The topological polar surface area (TPSA) is 101 Å². The van der Waals surface area contributed by atoms with E-state index in [9.17, 15) is 9.59 Å². The Bertz CT molecular complexity index is 1640. The molecule has 1 saturated heterocycles. The SMILES string of the molecule is Cc1ncsc1C(=O)Nc1ccc(-n2ncc3cc(NC(=O)c4ccc(N5CCOCC5)cc4)ccc32)cc1. The Morgan fingerprint density at radius 2 is 1.56 bits per heavy atom. The summed E-state index contributed by atoms with van der Waals surface area (Å²) in [5.74, 6) is -0.337. The van der Waals surface area contributed by atoms with Gasteiger partial charge in [0, 0.05) is 41.1 Å². The van der Waals surface area contributed by atoms with Gasteiger partial charge in [0.1, 0.15) is 4.88 Å². The number of hydrogen-bond donors (Lipinski definition) is 2. The summed E-state index contributed by atoms with van der Waals surface area (Å²) >= 11 is 1.32. The molecule has 10 heteroatoms. The lowest BCUT2D eigenvalue weighted by Gasteiger charge is -2.28. The molecule has 1 aliphatic heterocycles. The number of morpholine rings is 1. The number of anilines is 3. The zero-order chi connectivity index (χ0) is 26.8. The molecular weight excluding hydrogens is 512 g/mol. The molecule has 3 aromatic carbocycles. The Morgan fingerprint density at radius 1 is 0.872 bits per heavy atom. The van der Waals surface area contributed by atoms with E-state index < -0.39 is 0 Å². The maximum absolute atomic E-state index is 12.9. The lowest BCUT2D eigenvalue weighted by atomic mass is 10.1. The third-order valence-corrected chi connectivity index (χ3v) is 7.58. The third-order valence-electron chi connectivity index (χ3n) is 6.65. The van der Waals surface area contributed by atoms with Gasteiger partial charge in [-0.1, -0.05) is 0 Å². The van der Waals surface area contributed by atoms with Crippen LogP contribution in [0.2, 0.25) is 0 Å². The van der Waals surface area contributed by atoms with Crippen LogP contribution in [-0.2, 0) is 4.74 Å². The molecule has 39 heavy (non-hydrogen) atoms. The average molecular weight is 539 g/mol. The summed E-state index contributed by atoms with van der Waals surface area (Å²) in [6.45, 7) is 4.97. The lowest BCUT2D eigenvalue weighted by Crippen LogP contribution is -2.36. The number of carbonyl (C=O) groups excluding carboxylic acids is 2. The molecule has 0 radical (unpaired) electrons. The number of rotatable bonds is 6. The molecular formula is C29H26N6O3S. The molecule has 0 unspecified atom stereocenters. The average Bonchev–Trinajstić information content (AvgIpc) is 3.60. The van der Waals surface area contributed by atoms with E-state index in [-0.39, 0.29) is 11.8 Å². The van der Waals surface area contributed by atoms with Gasteiger partial charge in [0.2, 0.25) is 0 Å². The van der Waals surface area contributed by atoms with Gasteiger partial charge in [-0.2, -0.15) is 5.10 Å². The number of benzene rings is 3. The quantitative estimate of drug-likeness (QED) is 0.311. The number of ether oxygens (including phenoxy) is 1. The molecule has 5 aromatic rings. The number of fused-ring (bicyclic) bond motifs is 1. The fraction of sp³-hybridized carbons (Fsp3) is 0.172. The summed E-state index contributed by atoms with van der Waals surface area (Å²) in [5.41, 5.74) is 7.21. The van der Waals surface area contributed by atoms with Gasteiger partial charge < -0.3 is 20.3 Å². The van der Waals surface area contributed by atoms with Crippen LogP contribution in [-0.4, -0.2) is 52.9 Å². The molecule has 196 valence electrons. The van der Waals surface area contributed by atoms with Crippen molar-refractivity contribution in [3.05, 3.63) is 94.6 Å². The van der Waals surface area contributed by atoms with Gasteiger partial charge in [0.25, 0.3) is 11.8 Å². The summed E-state index contributed by atoms with van der Waals surface area (Å²) in [4.78, 5) is 32.3. The number of nitrogens with zero attached hydrogens (tertiary/aromatic N) is 4. The smallest absolute Gasteiger partial charge is 0.267 e. The van der Waals surface area contributed by atoms with Crippen LogP contribution in [0.15, 0.2) is 78.4 Å². The van der Waals surface area contributed by atoms with E-state index in [0.29, 0.717) is 21.8 Å². The molecule has 6 rings (SSSR count). The first-order valence-corrected chi connectivity index (χ1v) is 13.5. The maximum Gasteiger partial charge on any atom is 0.267 e. The zero-order valence-corrected chi connectivity index (χ0v) is 22.1. The molecule has 0 atom stereocenters. The van der Waals surface area contributed by atoms with Gasteiger partial charge in [0.15, 0.2) is 0 Å². The minimum absolute atomic E-state index is 0.165. The van der Waals surface area contributed by atoms with Crippen molar-refractivity contribution in [2.45, 2.75) is 6.92 Å². The Kier molecular flexibility index (Phi) is 6.78. The van der Waals surface area contributed by atoms with E-state index in [1.54, 1.807) is 11.7 Å². The third kappa shape index (κ3) is 5.25. The molecule has 2 aromatic heterocycles. The summed E-state index contributed by atoms with van der Waals surface area (Å²) in [5, 5.41) is 11.3. The van der Waals surface area contributed by atoms with Gasteiger partial charge in [0.05, 0.1) is 41.8 Å². The minimum atomic E-state index is -0.171.